The summed E-state index contributed by atoms with van der Waals surface area (Å²) in [5, 5.41) is 10.6. The number of halogens is 1. The molecule has 0 spiro atoms. The predicted octanol–water partition coefficient (Wildman–Crippen LogP) is 3.68. The van der Waals surface area contributed by atoms with Crippen molar-refractivity contribution in [1.82, 2.24) is 15.1 Å². The Morgan fingerprint density at radius 3 is 2.70 bits per heavy atom. The van der Waals surface area contributed by atoms with E-state index in [-0.39, 0.29) is 40.8 Å². The molecule has 1 aromatic heterocycles. The average molecular weight is 428 g/mol. The van der Waals surface area contributed by atoms with Crippen molar-refractivity contribution in [3.05, 3.63) is 59.4 Å². The van der Waals surface area contributed by atoms with Crippen molar-refractivity contribution in [2.24, 2.45) is 0 Å². The van der Waals surface area contributed by atoms with Crippen molar-refractivity contribution in [2.45, 2.75) is 19.1 Å². The van der Waals surface area contributed by atoms with Crippen molar-refractivity contribution < 1.29 is 18.4 Å². The Hall–Kier alpha value is -3.20. The molecule has 0 saturated heterocycles. The quantitative estimate of drug-likeness (QED) is 0.578. The first-order valence-corrected chi connectivity index (χ1v) is 10.1. The zero-order chi connectivity index (χ0) is 21.7. The van der Waals surface area contributed by atoms with Crippen molar-refractivity contribution >= 4 is 29.3 Å². The minimum Gasteiger partial charge on any atom is -0.411 e. The normalized spacial score (nSPS) is 10.7. The molecule has 2 aromatic carbocycles. The molecule has 0 aliphatic carbocycles. The lowest BCUT2D eigenvalue weighted by atomic mass is 10.1. The molecule has 9 heteroatoms. The second kappa shape index (κ2) is 9.53. The van der Waals surface area contributed by atoms with Crippen LogP contribution in [0.3, 0.4) is 0 Å². The molecule has 0 radical (unpaired) electrons. The van der Waals surface area contributed by atoms with E-state index in [0.29, 0.717) is 0 Å². The standard InChI is InChI=1S/C21H21FN4O3S/c1-13-8-9-14(2)17(10-13)23-18(27)11-26(3)19(28)12-30-21-25-24-20(29-21)15-6-4-5-7-16(15)22/h4-10H,11-12H2,1-3H3,(H,23,27). The molecule has 0 bridgehead atoms. The third kappa shape index (κ3) is 5.44. The molecule has 0 atom stereocenters. The van der Waals surface area contributed by atoms with E-state index >= 15 is 0 Å². The summed E-state index contributed by atoms with van der Waals surface area (Å²) >= 11 is 1.03. The number of thioether (sulfide) groups is 1. The Labute approximate surface area is 177 Å². The number of carbonyl (C=O) groups excluding carboxylic acids is 2. The van der Waals surface area contributed by atoms with E-state index in [1.165, 1.54) is 17.0 Å². The van der Waals surface area contributed by atoms with Crippen LogP contribution in [0.1, 0.15) is 11.1 Å². The minimum absolute atomic E-state index is 0.00611. The number of rotatable bonds is 7. The summed E-state index contributed by atoms with van der Waals surface area (Å²) in [6.07, 6.45) is 0. The Morgan fingerprint density at radius 2 is 1.93 bits per heavy atom. The van der Waals surface area contributed by atoms with Gasteiger partial charge >= 0.3 is 0 Å². The van der Waals surface area contributed by atoms with Gasteiger partial charge in [-0.3, -0.25) is 9.59 Å². The molecular formula is C21H21FN4O3S. The van der Waals surface area contributed by atoms with E-state index in [4.69, 9.17) is 4.42 Å². The van der Waals surface area contributed by atoms with Crippen LogP contribution >= 0.6 is 11.8 Å². The molecule has 0 unspecified atom stereocenters. The number of hydrogen-bond donors (Lipinski definition) is 1. The minimum atomic E-state index is -0.469. The largest absolute Gasteiger partial charge is 0.411 e. The second-order valence-electron chi connectivity index (χ2n) is 6.76. The highest BCUT2D eigenvalue weighted by Gasteiger charge is 2.17. The zero-order valence-electron chi connectivity index (χ0n) is 16.8. The molecule has 2 amide bonds. The summed E-state index contributed by atoms with van der Waals surface area (Å²) in [4.78, 5) is 25.9. The number of benzene rings is 2. The SMILES string of the molecule is Cc1ccc(C)c(NC(=O)CN(C)C(=O)CSc2nnc(-c3ccccc3F)o2)c1. The number of aryl methyl sites for hydroxylation is 2. The summed E-state index contributed by atoms with van der Waals surface area (Å²) < 4.78 is 19.2. The van der Waals surface area contributed by atoms with Crippen LogP contribution in [0.25, 0.3) is 11.5 Å². The Morgan fingerprint density at radius 1 is 1.17 bits per heavy atom. The molecular weight excluding hydrogens is 407 g/mol. The van der Waals surface area contributed by atoms with Crippen molar-refractivity contribution in [1.29, 1.82) is 0 Å². The van der Waals surface area contributed by atoms with Gasteiger partial charge in [-0.2, -0.15) is 0 Å². The maximum atomic E-state index is 13.8. The fourth-order valence-electron chi connectivity index (χ4n) is 2.61. The van der Waals surface area contributed by atoms with E-state index in [9.17, 15) is 14.0 Å². The van der Waals surface area contributed by atoms with Gasteiger partial charge < -0.3 is 14.6 Å². The van der Waals surface area contributed by atoms with Crippen LogP contribution in [-0.4, -0.2) is 46.3 Å². The van der Waals surface area contributed by atoms with Crippen molar-refractivity contribution in [3.63, 3.8) is 0 Å². The number of amides is 2. The van der Waals surface area contributed by atoms with Gasteiger partial charge in [0.1, 0.15) is 5.82 Å². The Bertz CT molecular complexity index is 1070. The van der Waals surface area contributed by atoms with Gasteiger partial charge in [0.2, 0.25) is 11.8 Å². The van der Waals surface area contributed by atoms with Gasteiger partial charge in [-0.15, -0.1) is 10.2 Å². The van der Waals surface area contributed by atoms with Crippen LogP contribution in [0, 0.1) is 19.7 Å². The van der Waals surface area contributed by atoms with Crippen LogP contribution in [-0.2, 0) is 9.59 Å². The Kier molecular flexibility index (Phi) is 6.83. The number of hydrogen-bond acceptors (Lipinski definition) is 6. The first-order valence-electron chi connectivity index (χ1n) is 9.16. The van der Waals surface area contributed by atoms with Gasteiger partial charge in [0.15, 0.2) is 0 Å². The highest BCUT2D eigenvalue weighted by atomic mass is 32.2. The van der Waals surface area contributed by atoms with E-state index < -0.39 is 5.82 Å². The number of anilines is 1. The second-order valence-corrected chi connectivity index (χ2v) is 7.68. The number of aromatic nitrogens is 2. The van der Waals surface area contributed by atoms with Gasteiger partial charge in [0, 0.05) is 12.7 Å². The van der Waals surface area contributed by atoms with Gasteiger partial charge in [-0.25, -0.2) is 4.39 Å². The molecule has 3 aromatic rings. The molecule has 3 rings (SSSR count). The summed E-state index contributed by atoms with van der Waals surface area (Å²) in [6.45, 7) is 3.76. The van der Waals surface area contributed by atoms with Crippen LogP contribution in [0.15, 0.2) is 52.1 Å². The highest BCUT2D eigenvalue weighted by Crippen LogP contribution is 2.25. The topological polar surface area (TPSA) is 88.3 Å². The summed E-state index contributed by atoms with van der Waals surface area (Å²) in [7, 11) is 1.55. The highest BCUT2D eigenvalue weighted by molar-refractivity contribution is 7.99. The lowest BCUT2D eigenvalue weighted by Crippen LogP contribution is -2.36. The molecule has 0 aliphatic rings. The monoisotopic (exact) mass is 428 g/mol. The molecule has 0 fully saturated rings. The predicted molar refractivity (Wildman–Crippen MR) is 113 cm³/mol. The molecule has 1 heterocycles. The number of nitrogens with zero attached hydrogens (tertiary/aromatic N) is 3. The van der Waals surface area contributed by atoms with Gasteiger partial charge in [-0.05, 0) is 43.2 Å². The number of nitrogens with one attached hydrogen (secondary N) is 1. The maximum Gasteiger partial charge on any atom is 0.277 e. The van der Waals surface area contributed by atoms with Gasteiger partial charge in [0.05, 0.1) is 17.9 Å². The van der Waals surface area contributed by atoms with E-state index in [2.05, 4.69) is 15.5 Å². The van der Waals surface area contributed by atoms with Crippen LogP contribution in [0.4, 0.5) is 10.1 Å². The summed E-state index contributed by atoms with van der Waals surface area (Å²) in [5.41, 5.74) is 2.90. The third-order valence-corrected chi connectivity index (χ3v) is 5.11. The lowest BCUT2D eigenvalue weighted by Gasteiger charge is -2.17. The molecule has 30 heavy (non-hydrogen) atoms. The van der Waals surface area contributed by atoms with Crippen molar-refractivity contribution in [2.75, 3.05) is 24.7 Å². The van der Waals surface area contributed by atoms with Crippen LogP contribution in [0.5, 0.6) is 0 Å². The third-order valence-electron chi connectivity index (χ3n) is 4.30. The summed E-state index contributed by atoms with van der Waals surface area (Å²) in [5.74, 6) is -0.981. The fraction of sp³-hybridized carbons (Fsp3) is 0.238. The summed E-state index contributed by atoms with van der Waals surface area (Å²) in [6, 6.07) is 11.8. The average Bonchev–Trinajstić information content (AvgIpc) is 3.18. The van der Waals surface area contributed by atoms with E-state index in [0.717, 1.165) is 28.6 Å². The lowest BCUT2D eigenvalue weighted by molar-refractivity contribution is -0.131. The first kappa shape index (κ1) is 21.5. The number of carbonyl (C=O) groups is 2. The molecule has 1 N–H and O–H groups in total. The molecule has 0 aliphatic heterocycles. The first-order chi connectivity index (χ1) is 14.3. The van der Waals surface area contributed by atoms with E-state index in [1.54, 1.807) is 19.2 Å². The van der Waals surface area contributed by atoms with Gasteiger partial charge in [-0.1, -0.05) is 36.0 Å². The van der Waals surface area contributed by atoms with Crippen LogP contribution in [0.2, 0.25) is 0 Å². The van der Waals surface area contributed by atoms with Crippen molar-refractivity contribution in [3.8, 4) is 11.5 Å². The molecule has 0 saturated carbocycles. The maximum absolute atomic E-state index is 13.8. The van der Waals surface area contributed by atoms with Gasteiger partial charge in [0.25, 0.3) is 11.1 Å². The molecule has 156 valence electrons. The van der Waals surface area contributed by atoms with Crippen LogP contribution < -0.4 is 5.32 Å². The van der Waals surface area contributed by atoms with E-state index in [1.807, 2.05) is 32.0 Å². The zero-order valence-corrected chi connectivity index (χ0v) is 17.6. The Balaban J connectivity index is 1.52. The molecule has 7 nitrogen and oxygen atoms in total. The smallest absolute Gasteiger partial charge is 0.277 e. The number of likely N-dealkylation sites (N-methyl/N-ethyl adjacent to an activating group) is 1. The fourth-order valence-corrected chi connectivity index (χ4v) is 3.31.